The van der Waals surface area contributed by atoms with Crippen LogP contribution in [-0.4, -0.2) is 50.8 Å². The molecule has 1 aliphatic heterocycles. The number of ether oxygens (including phenoxy) is 1. The lowest BCUT2D eigenvalue weighted by molar-refractivity contribution is -0.143. The molecule has 1 aliphatic rings. The average Bonchev–Trinajstić information content (AvgIpc) is 2.99. The molecule has 43 heavy (non-hydrogen) atoms. The van der Waals surface area contributed by atoms with Crippen LogP contribution in [-0.2, 0) is 25.7 Å². The van der Waals surface area contributed by atoms with Crippen molar-refractivity contribution >= 4 is 39.3 Å². The highest BCUT2D eigenvalue weighted by Gasteiger charge is 2.33. The van der Waals surface area contributed by atoms with Crippen LogP contribution in [0.1, 0.15) is 42.9 Å². The molecular weight excluding hydrogens is 605 g/mol. The van der Waals surface area contributed by atoms with Gasteiger partial charge in [-0.05, 0) is 59.9 Å². The second-order valence-corrected chi connectivity index (χ2v) is 12.3. The van der Waals surface area contributed by atoms with Crippen molar-refractivity contribution in [3.8, 4) is 0 Å². The first-order valence-electron chi connectivity index (χ1n) is 13.3. The maximum Gasteiger partial charge on any atom is 0.416 e. The zero-order valence-electron chi connectivity index (χ0n) is 23.5. The molecule has 0 saturated carbocycles. The number of guanidine groups is 1. The molecule has 0 radical (unpaired) electrons. The van der Waals surface area contributed by atoms with E-state index < -0.39 is 38.7 Å². The van der Waals surface area contributed by atoms with Crippen molar-refractivity contribution < 1.29 is 31.1 Å². The number of alkyl halides is 3. The van der Waals surface area contributed by atoms with E-state index in [0.717, 1.165) is 23.3 Å². The van der Waals surface area contributed by atoms with Crippen molar-refractivity contribution in [1.29, 1.82) is 0 Å². The Morgan fingerprint density at radius 2 is 1.67 bits per heavy atom. The van der Waals surface area contributed by atoms with E-state index in [1.54, 1.807) is 38.1 Å². The van der Waals surface area contributed by atoms with E-state index in [-0.39, 0.29) is 24.3 Å². The minimum absolute atomic E-state index is 0.159. The van der Waals surface area contributed by atoms with Crippen LogP contribution in [0, 0.1) is 5.92 Å². The van der Waals surface area contributed by atoms with Crippen molar-refractivity contribution in [3.63, 3.8) is 0 Å². The van der Waals surface area contributed by atoms with Crippen molar-refractivity contribution in [1.82, 2.24) is 9.73 Å². The average molecular weight is 635 g/mol. The predicted molar refractivity (Wildman–Crippen MR) is 158 cm³/mol. The number of carbonyl (C=O) groups excluding carboxylic acids is 1. The summed E-state index contributed by atoms with van der Waals surface area (Å²) in [4.78, 5) is 16.6. The largest absolute Gasteiger partial charge is 0.467 e. The zero-order chi connectivity index (χ0) is 31.4. The fourth-order valence-electron chi connectivity index (χ4n) is 4.55. The van der Waals surface area contributed by atoms with Crippen molar-refractivity contribution in [2.24, 2.45) is 16.0 Å². The number of carbonyl (C=O) groups is 1. The third-order valence-electron chi connectivity index (χ3n) is 6.83. The highest BCUT2D eigenvalue weighted by molar-refractivity contribution is 7.90. The number of aliphatic imine (C=N–C) groups is 1. The van der Waals surface area contributed by atoms with Crippen molar-refractivity contribution in [3.05, 3.63) is 101 Å². The molecule has 3 aromatic carbocycles. The molecule has 1 heterocycles. The Bertz CT molecular complexity index is 1600. The van der Waals surface area contributed by atoms with Crippen LogP contribution in [0.25, 0.3) is 0 Å². The van der Waals surface area contributed by atoms with Gasteiger partial charge in [-0.15, -0.1) is 0 Å². The first kappa shape index (κ1) is 32.0. The number of nitrogens with one attached hydrogen (secondary N) is 1. The number of hydrogen-bond acceptors (Lipinski definition) is 6. The van der Waals surface area contributed by atoms with Crippen LogP contribution in [0.2, 0.25) is 5.02 Å². The lowest BCUT2D eigenvalue weighted by Gasteiger charge is -2.32. The molecule has 0 fully saturated rings. The molecule has 3 aromatic rings. The van der Waals surface area contributed by atoms with Gasteiger partial charge >= 0.3 is 12.1 Å². The molecule has 2 atom stereocenters. The predicted octanol–water partition coefficient (Wildman–Crippen LogP) is 6.08. The van der Waals surface area contributed by atoms with Gasteiger partial charge in [0, 0.05) is 17.5 Å². The monoisotopic (exact) mass is 634 g/mol. The SMILES string of the molecule is COC(=O)C(N=C(NS(=O)(=O)c1ccc(C(F)(F)F)cc1)N1CCC(c2ccccc2)C(c2ccc(Cl)cc2)=N1)C(C)C. The molecular formula is C30H30ClF3N4O4S. The summed E-state index contributed by atoms with van der Waals surface area (Å²) in [6, 6.07) is 18.7. The number of sulfonamides is 1. The summed E-state index contributed by atoms with van der Waals surface area (Å²) in [5.74, 6) is -1.52. The van der Waals surface area contributed by atoms with Crippen LogP contribution in [0.15, 0.2) is 93.9 Å². The Hall–Kier alpha value is -3.90. The van der Waals surface area contributed by atoms with E-state index >= 15 is 0 Å². The Morgan fingerprint density at radius 1 is 1.05 bits per heavy atom. The fourth-order valence-corrected chi connectivity index (χ4v) is 5.69. The highest BCUT2D eigenvalue weighted by Crippen LogP contribution is 2.31. The Balaban J connectivity index is 1.82. The van der Waals surface area contributed by atoms with E-state index in [2.05, 4.69) is 9.71 Å². The lowest BCUT2D eigenvalue weighted by atomic mass is 9.86. The van der Waals surface area contributed by atoms with Gasteiger partial charge in [-0.25, -0.2) is 27.9 Å². The number of hydrazone groups is 1. The van der Waals surface area contributed by atoms with Gasteiger partial charge in [-0.1, -0.05) is 67.9 Å². The molecule has 13 heteroatoms. The molecule has 4 rings (SSSR count). The number of methoxy groups -OCH3 is 1. The summed E-state index contributed by atoms with van der Waals surface area (Å²) < 4.78 is 73.4. The first-order chi connectivity index (χ1) is 20.3. The summed E-state index contributed by atoms with van der Waals surface area (Å²) in [5.41, 5.74) is 1.34. The molecule has 8 nitrogen and oxygen atoms in total. The van der Waals surface area contributed by atoms with Gasteiger partial charge in [0.2, 0.25) is 5.96 Å². The molecule has 0 amide bonds. The Kier molecular flexibility index (Phi) is 9.81. The van der Waals surface area contributed by atoms with Crippen LogP contribution >= 0.6 is 11.6 Å². The van der Waals surface area contributed by atoms with Gasteiger partial charge in [0.1, 0.15) is 0 Å². The number of esters is 1. The van der Waals surface area contributed by atoms with Crippen LogP contribution < -0.4 is 4.72 Å². The molecule has 1 N–H and O–H groups in total. The molecule has 0 aromatic heterocycles. The van der Waals surface area contributed by atoms with Gasteiger partial charge in [-0.2, -0.15) is 18.3 Å². The second kappa shape index (κ2) is 13.2. The van der Waals surface area contributed by atoms with Crippen LogP contribution in [0.3, 0.4) is 0 Å². The summed E-state index contributed by atoms with van der Waals surface area (Å²) in [5, 5.41) is 6.69. The number of benzene rings is 3. The Morgan fingerprint density at radius 3 is 2.23 bits per heavy atom. The third kappa shape index (κ3) is 7.74. The van der Waals surface area contributed by atoms with E-state index in [1.807, 2.05) is 30.3 Å². The molecule has 228 valence electrons. The molecule has 0 bridgehead atoms. The maximum atomic E-state index is 13.4. The number of rotatable bonds is 7. The molecule has 2 unspecified atom stereocenters. The smallest absolute Gasteiger partial charge is 0.416 e. The van der Waals surface area contributed by atoms with Gasteiger partial charge in [0.25, 0.3) is 10.0 Å². The van der Waals surface area contributed by atoms with E-state index in [1.165, 1.54) is 12.1 Å². The van der Waals surface area contributed by atoms with Gasteiger partial charge < -0.3 is 4.74 Å². The summed E-state index contributed by atoms with van der Waals surface area (Å²) in [6.45, 7) is 3.64. The van der Waals surface area contributed by atoms with E-state index in [0.29, 0.717) is 29.3 Å². The second-order valence-electron chi connectivity index (χ2n) is 10.2. The van der Waals surface area contributed by atoms with E-state index in [9.17, 15) is 26.4 Å². The Labute approximate surface area is 253 Å². The fraction of sp³-hybridized carbons (Fsp3) is 0.300. The molecule has 0 spiro atoms. The first-order valence-corrected chi connectivity index (χ1v) is 15.2. The van der Waals surface area contributed by atoms with Crippen molar-refractivity contribution in [2.45, 2.75) is 43.3 Å². The normalized spacial score (nSPS) is 16.9. The summed E-state index contributed by atoms with van der Waals surface area (Å²) >= 11 is 6.13. The highest BCUT2D eigenvalue weighted by atomic mass is 35.5. The van der Waals surface area contributed by atoms with Crippen molar-refractivity contribution in [2.75, 3.05) is 13.7 Å². The van der Waals surface area contributed by atoms with Crippen LogP contribution in [0.5, 0.6) is 0 Å². The maximum absolute atomic E-state index is 13.4. The number of hydrogen-bond donors (Lipinski definition) is 1. The summed E-state index contributed by atoms with van der Waals surface area (Å²) in [6.07, 6.45) is -4.14. The van der Waals surface area contributed by atoms with Crippen LogP contribution in [0.4, 0.5) is 13.2 Å². The quantitative estimate of drug-likeness (QED) is 0.193. The standard InChI is InChI=1S/C30H30ClF3N4O4S/c1-19(2)26(28(39)42-3)35-29(37-43(40,41)24-15-11-22(12-16-24)30(32,33)34)38-18-17-25(20-7-5-4-6-8-20)27(36-38)21-9-13-23(31)14-10-21/h4-16,19,25-26H,17-18H2,1-3H3,(H,35,37). The molecule has 0 aliphatic carbocycles. The zero-order valence-corrected chi connectivity index (χ0v) is 25.1. The third-order valence-corrected chi connectivity index (χ3v) is 8.42. The van der Waals surface area contributed by atoms with Gasteiger partial charge in [0.15, 0.2) is 6.04 Å². The minimum atomic E-state index is -4.64. The van der Waals surface area contributed by atoms with E-state index in [4.69, 9.17) is 21.4 Å². The minimum Gasteiger partial charge on any atom is -0.467 e. The number of nitrogens with zero attached hydrogens (tertiary/aromatic N) is 3. The number of halogens is 4. The topological polar surface area (TPSA) is 100 Å². The lowest BCUT2D eigenvalue weighted by Crippen LogP contribution is -2.46. The van der Waals surface area contributed by atoms with Gasteiger partial charge in [-0.3, -0.25) is 0 Å². The van der Waals surface area contributed by atoms with Gasteiger partial charge in [0.05, 0.1) is 23.3 Å². The molecule has 0 saturated heterocycles. The summed E-state index contributed by atoms with van der Waals surface area (Å²) in [7, 11) is -3.26.